The average molecular weight is 340 g/mol. The van der Waals surface area contributed by atoms with E-state index in [4.69, 9.17) is 4.98 Å². The number of para-hydroxylation sites is 2. The van der Waals surface area contributed by atoms with Gasteiger partial charge in [0, 0.05) is 6.54 Å². The fourth-order valence-electron chi connectivity index (χ4n) is 3.65. The van der Waals surface area contributed by atoms with Crippen molar-refractivity contribution in [1.82, 2.24) is 9.55 Å². The molecule has 0 aliphatic rings. The maximum atomic E-state index is 5.08. The van der Waals surface area contributed by atoms with Crippen LogP contribution in [0.2, 0.25) is 0 Å². The molecule has 0 atom stereocenters. The smallest absolute Gasteiger partial charge is 0.121 e. The van der Waals surface area contributed by atoms with E-state index < -0.39 is 0 Å². The van der Waals surface area contributed by atoms with Crippen LogP contribution in [0.5, 0.6) is 0 Å². The highest BCUT2D eigenvalue weighted by Gasteiger charge is 2.23. The molecule has 0 aliphatic carbocycles. The molecule has 0 bridgehead atoms. The summed E-state index contributed by atoms with van der Waals surface area (Å²) in [5, 5.41) is 0. The SMILES string of the molecule is CC(C)Cn1c(C(c2ccccc2)c2ccccc2)nc2ccccc21. The standard InChI is InChI=1S/C24H24N2/c1-18(2)17-26-22-16-10-9-15-21(22)25-24(26)23(19-11-5-3-6-12-19)20-13-7-4-8-14-20/h3-16,18,23H,17H2,1-2H3. The third-order valence-electron chi connectivity index (χ3n) is 4.76. The molecule has 2 nitrogen and oxygen atoms in total. The molecule has 1 heterocycles. The zero-order valence-electron chi connectivity index (χ0n) is 15.3. The third-order valence-corrected chi connectivity index (χ3v) is 4.76. The minimum Gasteiger partial charge on any atom is -0.327 e. The zero-order valence-corrected chi connectivity index (χ0v) is 15.3. The first-order chi connectivity index (χ1) is 12.7. The molecule has 0 radical (unpaired) electrons. The Kier molecular flexibility index (Phi) is 4.57. The fraction of sp³-hybridized carbons (Fsp3) is 0.208. The van der Waals surface area contributed by atoms with Crippen LogP contribution in [0.4, 0.5) is 0 Å². The van der Waals surface area contributed by atoms with Crippen molar-refractivity contribution in [2.75, 3.05) is 0 Å². The van der Waals surface area contributed by atoms with Gasteiger partial charge in [0.15, 0.2) is 0 Å². The molecule has 0 spiro atoms. The lowest BCUT2D eigenvalue weighted by Crippen LogP contribution is -2.14. The molecule has 0 aliphatic heterocycles. The van der Waals surface area contributed by atoms with Gasteiger partial charge < -0.3 is 4.57 Å². The van der Waals surface area contributed by atoms with Crippen molar-refractivity contribution in [1.29, 1.82) is 0 Å². The molecule has 1 aromatic heterocycles. The van der Waals surface area contributed by atoms with Crippen molar-refractivity contribution in [3.63, 3.8) is 0 Å². The minimum atomic E-state index is 0.128. The summed E-state index contributed by atoms with van der Waals surface area (Å²) < 4.78 is 2.41. The zero-order chi connectivity index (χ0) is 17.9. The summed E-state index contributed by atoms with van der Waals surface area (Å²) in [5.41, 5.74) is 4.84. The number of fused-ring (bicyclic) bond motifs is 1. The van der Waals surface area contributed by atoms with E-state index in [9.17, 15) is 0 Å². The number of rotatable bonds is 5. The predicted octanol–water partition coefficient (Wildman–Crippen LogP) is 5.87. The molecular formula is C24H24N2. The second-order valence-electron chi connectivity index (χ2n) is 7.22. The lowest BCUT2D eigenvalue weighted by Gasteiger charge is -2.21. The van der Waals surface area contributed by atoms with Crippen molar-refractivity contribution in [3.05, 3.63) is 102 Å². The van der Waals surface area contributed by atoms with Gasteiger partial charge in [-0.1, -0.05) is 86.6 Å². The van der Waals surface area contributed by atoms with E-state index in [2.05, 4.69) is 103 Å². The lowest BCUT2D eigenvalue weighted by molar-refractivity contribution is 0.514. The maximum absolute atomic E-state index is 5.08. The summed E-state index contributed by atoms with van der Waals surface area (Å²) in [6.45, 7) is 5.49. The summed E-state index contributed by atoms with van der Waals surface area (Å²) >= 11 is 0. The minimum absolute atomic E-state index is 0.128. The molecule has 130 valence electrons. The molecule has 0 N–H and O–H groups in total. The molecule has 0 saturated carbocycles. The third kappa shape index (κ3) is 3.15. The van der Waals surface area contributed by atoms with Gasteiger partial charge in [0.25, 0.3) is 0 Å². The van der Waals surface area contributed by atoms with Crippen LogP contribution in [-0.2, 0) is 6.54 Å². The van der Waals surface area contributed by atoms with Crippen molar-refractivity contribution in [2.45, 2.75) is 26.3 Å². The van der Waals surface area contributed by atoms with Crippen LogP contribution in [-0.4, -0.2) is 9.55 Å². The van der Waals surface area contributed by atoms with Gasteiger partial charge in [-0.05, 0) is 29.2 Å². The Balaban J connectivity index is 1.97. The van der Waals surface area contributed by atoms with Crippen LogP contribution < -0.4 is 0 Å². The predicted molar refractivity (Wildman–Crippen MR) is 108 cm³/mol. The van der Waals surface area contributed by atoms with E-state index in [1.54, 1.807) is 0 Å². The monoisotopic (exact) mass is 340 g/mol. The Labute approximate surface area is 155 Å². The number of imidazole rings is 1. The van der Waals surface area contributed by atoms with Gasteiger partial charge in [0.1, 0.15) is 5.82 Å². The van der Waals surface area contributed by atoms with Gasteiger partial charge >= 0.3 is 0 Å². The van der Waals surface area contributed by atoms with Crippen LogP contribution >= 0.6 is 0 Å². The van der Waals surface area contributed by atoms with Crippen molar-refractivity contribution < 1.29 is 0 Å². The first-order valence-corrected chi connectivity index (χ1v) is 9.29. The molecule has 0 unspecified atom stereocenters. The van der Waals surface area contributed by atoms with E-state index in [1.165, 1.54) is 16.6 Å². The Bertz CT molecular complexity index is 945. The van der Waals surface area contributed by atoms with Crippen LogP contribution in [0, 0.1) is 5.92 Å². The van der Waals surface area contributed by atoms with Crippen LogP contribution in [0.15, 0.2) is 84.9 Å². The number of hydrogen-bond acceptors (Lipinski definition) is 1. The Morgan fingerprint density at radius 3 is 1.85 bits per heavy atom. The fourth-order valence-corrected chi connectivity index (χ4v) is 3.65. The second-order valence-corrected chi connectivity index (χ2v) is 7.22. The van der Waals surface area contributed by atoms with Gasteiger partial charge in [-0.25, -0.2) is 4.98 Å². The average Bonchev–Trinajstić information content (AvgIpc) is 3.01. The van der Waals surface area contributed by atoms with Crippen molar-refractivity contribution in [2.24, 2.45) is 5.92 Å². The summed E-state index contributed by atoms with van der Waals surface area (Å²) in [6.07, 6.45) is 0. The lowest BCUT2D eigenvalue weighted by atomic mass is 9.90. The van der Waals surface area contributed by atoms with Crippen LogP contribution in [0.3, 0.4) is 0 Å². The molecule has 0 fully saturated rings. The second kappa shape index (κ2) is 7.17. The molecule has 0 saturated heterocycles. The summed E-state index contributed by atoms with van der Waals surface area (Å²) in [4.78, 5) is 5.08. The summed E-state index contributed by atoms with van der Waals surface area (Å²) in [7, 11) is 0. The van der Waals surface area contributed by atoms with E-state index >= 15 is 0 Å². The van der Waals surface area contributed by atoms with Crippen LogP contribution in [0.25, 0.3) is 11.0 Å². The van der Waals surface area contributed by atoms with Gasteiger partial charge in [-0.3, -0.25) is 0 Å². The van der Waals surface area contributed by atoms with Gasteiger partial charge in [0.2, 0.25) is 0 Å². The van der Waals surface area contributed by atoms with Crippen molar-refractivity contribution >= 4 is 11.0 Å². The number of nitrogens with zero attached hydrogens (tertiary/aromatic N) is 2. The normalized spacial score (nSPS) is 11.5. The van der Waals surface area contributed by atoms with Gasteiger partial charge in [-0.15, -0.1) is 0 Å². The number of hydrogen-bond donors (Lipinski definition) is 0. The first kappa shape index (κ1) is 16.6. The van der Waals surface area contributed by atoms with E-state index in [0.29, 0.717) is 5.92 Å². The maximum Gasteiger partial charge on any atom is 0.121 e. The highest BCUT2D eigenvalue weighted by molar-refractivity contribution is 5.76. The molecule has 0 amide bonds. The molecule has 4 aromatic rings. The van der Waals surface area contributed by atoms with Crippen LogP contribution in [0.1, 0.15) is 36.7 Å². The Morgan fingerprint density at radius 2 is 1.27 bits per heavy atom. The van der Waals surface area contributed by atoms with Gasteiger partial charge in [-0.2, -0.15) is 0 Å². The largest absolute Gasteiger partial charge is 0.327 e. The van der Waals surface area contributed by atoms with Crippen molar-refractivity contribution in [3.8, 4) is 0 Å². The molecule has 4 rings (SSSR count). The van der Waals surface area contributed by atoms with E-state index in [0.717, 1.165) is 17.9 Å². The number of benzene rings is 3. The Hall–Kier alpha value is -2.87. The molecule has 2 heteroatoms. The molecule has 26 heavy (non-hydrogen) atoms. The topological polar surface area (TPSA) is 17.8 Å². The highest BCUT2D eigenvalue weighted by Crippen LogP contribution is 2.33. The van der Waals surface area contributed by atoms with Gasteiger partial charge in [0.05, 0.1) is 17.0 Å². The summed E-state index contributed by atoms with van der Waals surface area (Å²) in [6, 6.07) is 29.9. The summed E-state index contributed by atoms with van der Waals surface area (Å²) in [5.74, 6) is 1.81. The first-order valence-electron chi connectivity index (χ1n) is 9.29. The van der Waals surface area contributed by atoms with E-state index in [-0.39, 0.29) is 5.92 Å². The molecular weight excluding hydrogens is 316 g/mol. The quantitative estimate of drug-likeness (QED) is 0.444. The highest BCUT2D eigenvalue weighted by atomic mass is 15.1. The molecule has 3 aromatic carbocycles. The Morgan fingerprint density at radius 1 is 0.731 bits per heavy atom. The number of aromatic nitrogens is 2. The van der Waals surface area contributed by atoms with E-state index in [1.807, 2.05) is 0 Å².